The van der Waals surface area contributed by atoms with Crippen LogP contribution in [0.4, 0.5) is 0 Å². The molecule has 1 rings (SSSR count). The summed E-state index contributed by atoms with van der Waals surface area (Å²) in [6, 6.07) is 7.45. The molecule has 1 atom stereocenters. The van der Waals surface area contributed by atoms with Gasteiger partial charge in [0.2, 0.25) is 5.91 Å². The quantitative estimate of drug-likeness (QED) is 0.812. The van der Waals surface area contributed by atoms with Crippen LogP contribution in [0, 0.1) is 0 Å². The summed E-state index contributed by atoms with van der Waals surface area (Å²) in [6.45, 7) is 2.01. The smallest absolute Gasteiger partial charge is 0.235 e. The minimum atomic E-state index is -0.154. The van der Waals surface area contributed by atoms with Crippen LogP contribution < -0.4 is 5.32 Å². The summed E-state index contributed by atoms with van der Waals surface area (Å²) in [6.07, 6.45) is 0.824. The van der Waals surface area contributed by atoms with E-state index >= 15 is 0 Å². The Morgan fingerprint density at radius 3 is 2.47 bits per heavy atom. The average molecular weight is 246 g/mol. The van der Waals surface area contributed by atoms with Crippen molar-refractivity contribution in [3.8, 4) is 0 Å². The van der Waals surface area contributed by atoms with Gasteiger partial charge < -0.3 is 5.32 Å². The Hall–Kier alpha value is -0.730. The first-order chi connectivity index (χ1) is 7.17. The van der Waals surface area contributed by atoms with Crippen molar-refractivity contribution in [1.82, 2.24) is 5.32 Å². The number of alkyl halides is 1. The van der Waals surface area contributed by atoms with Crippen molar-refractivity contribution in [2.75, 3.05) is 5.88 Å². The van der Waals surface area contributed by atoms with Gasteiger partial charge in [-0.05, 0) is 24.1 Å². The Morgan fingerprint density at radius 2 is 2.00 bits per heavy atom. The van der Waals surface area contributed by atoms with E-state index in [4.69, 9.17) is 23.2 Å². The highest BCUT2D eigenvalue weighted by Crippen LogP contribution is 2.18. The maximum Gasteiger partial charge on any atom is 0.235 e. The second-order valence-electron chi connectivity index (χ2n) is 3.21. The van der Waals surface area contributed by atoms with Gasteiger partial charge in [0.15, 0.2) is 0 Å². The van der Waals surface area contributed by atoms with E-state index in [0.717, 1.165) is 12.0 Å². The van der Waals surface area contributed by atoms with Crippen LogP contribution in [-0.2, 0) is 4.79 Å². The van der Waals surface area contributed by atoms with Crippen molar-refractivity contribution in [3.05, 3.63) is 34.9 Å². The molecule has 0 saturated carbocycles. The first-order valence-electron chi connectivity index (χ1n) is 4.78. The van der Waals surface area contributed by atoms with E-state index in [9.17, 15) is 4.79 Å². The number of hydrogen-bond donors (Lipinski definition) is 1. The second kappa shape index (κ2) is 5.99. The highest BCUT2D eigenvalue weighted by Gasteiger charge is 2.11. The van der Waals surface area contributed by atoms with Gasteiger partial charge >= 0.3 is 0 Å². The molecule has 0 spiro atoms. The van der Waals surface area contributed by atoms with Gasteiger partial charge in [0, 0.05) is 5.02 Å². The number of halogens is 2. The van der Waals surface area contributed by atoms with Gasteiger partial charge in [0.05, 0.1) is 6.04 Å². The molecule has 0 radical (unpaired) electrons. The van der Waals surface area contributed by atoms with E-state index < -0.39 is 0 Å². The average Bonchev–Trinajstić information content (AvgIpc) is 2.27. The summed E-state index contributed by atoms with van der Waals surface area (Å²) in [5, 5.41) is 3.53. The molecule has 15 heavy (non-hydrogen) atoms. The fourth-order valence-electron chi connectivity index (χ4n) is 1.35. The van der Waals surface area contributed by atoms with Crippen LogP contribution in [0.5, 0.6) is 0 Å². The molecule has 1 N–H and O–H groups in total. The van der Waals surface area contributed by atoms with E-state index in [2.05, 4.69) is 5.32 Å². The highest BCUT2D eigenvalue weighted by atomic mass is 35.5. The molecule has 0 heterocycles. The number of amides is 1. The zero-order valence-electron chi connectivity index (χ0n) is 8.47. The highest BCUT2D eigenvalue weighted by molar-refractivity contribution is 6.30. The fraction of sp³-hybridized carbons (Fsp3) is 0.364. The normalized spacial score (nSPS) is 12.2. The van der Waals surface area contributed by atoms with Crippen molar-refractivity contribution >= 4 is 29.1 Å². The van der Waals surface area contributed by atoms with Crippen molar-refractivity contribution in [2.24, 2.45) is 0 Å². The molecule has 0 saturated heterocycles. The van der Waals surface area contributed by atoms with E-state index in [1.165, 1.54) is 0 Å². The minimum Gasteiger partial charge on any atom is -0.348 e. The fourth-order valence-corrected chi connectivity index (χ4v) is 1.55. The molecule has 0 bridgehead atoms. The number of rotatable bonds is 4. The molecular formula is C11H13Cl2NO. The van der Waals surface area contributed by atoms with Crippen LogP contribution in [0.2, 0.25) is 5.02 Å². The molecule has 82 valence electrons. The van der Waals surface area contributed by atoms with Crippen LogP contribution in [-0.4, -0.2) is 11.8 Å². The third kappa shape index (κ3) is 3.73. The summed E-state index contributed by atoms with van der Waals surface area (Å²) in [4.78, 5) is 11.2. The SMILES string of the molecule is CC[C@H](NC(=O)CCl)c1ccc(Cl)cc1. The van der Waals surface area contributed by atoms with Crippen LogP contribution in [0.25, 0.3) is 0 Å². The molecular weight excluding hydrogens is 233 g/mol. The van der Waals surface area contributed by atoms with Crippen molar-refractivity contribution in [1.29, 1.82) is 0 Å². The summed E-state index contributed by atoms with van der Waals surface area (Å²) in [7, 11) is 0. The van der Waals surface area contributed by atoms with Crippen LogP contribution >= 0.6 is 23.2 Å². The first-order valence-corrected chi connectivity index (χ1v) is 5.69. The van der Waals surface area contributed by atoms with Gasteiger partial charge in [-0.2, -0.15) is 0 Å². The number of carbonyl (C=O) groups is 1. The van der Waals surface area contributed by atoms with Gasteiger partial charge in [-0.25, -0.2) is 0 Å². The topological polar surface area (TPSA) is 29.1 Å². The summed E-state index contributed by atoms with van der Waals surface area (Å²) in [5.41, 5.74) is 1.04. The Morgan fingerprint density at radius 1 is 1.40 bits per heavy atom. The Balaban J connectivity index is 2.74. The number of hydrogen-bond acceptors (Lipinski definition) is 1. The van der Waals surface area contributed by atoms with Crippen molar-refractivity contribution in [2.45, 2.75) is 19.4 Å². The second-order valence-corrected chi connectivity index (χ2v) is 3.92. The molecule has 0 aliphatic carbocycles. The lowest BCUT2D eigenvalue weighted by Gasteiger charge is -2.16. The summed E-state index contributed by atoms with van der Waals surface area (Å²) < 4.78 is 0. The summed E-state index contributed by atoms with van der Waals surface area (Å²) >= 11 is 11.2. The van der Waals surface area contributed by atoms with E-state index in [1.54, 1.807) is 0 Å². The number of nitrogens with one attached hydrogen (secondary N) is 1. The van der Waals surface area contributed by atoms with E-state index in [-0.39, 0.29) is 17.8 Å². The van der Waals surface area contributed by atoms with Gasteiger partial charge in [-0.15, -0.1) is 11.6 Å². The molecule has 0 fully saturated rings. The van der Waals surface area contributed by atoms with Gasteiger partial charge in [-0.1, -0.05) is 30.7 Å². The number of benzene rings is 1. The maximum atomic E-state index is 11.2. The lowest BCUT2D eigenvalue weighted by Crippen LogP contribution is -2.28. The van der Waals surface area contributed by atoms with Gasteiger partial charge in [0.1, 0.15) is 5.88 Å². The lowest BCUT2D eigenvalue weighted by molar-refractivity contribution is -0.119. The van der Waals surface area contributed by atoms with E-state index in [1.807, 2.05) is 31.2 Å². The zero-order valence-corrected chi connectivity index (χ0v) is 9.98. The van der Waals surface area contributed by atoms with E-state index in [0.29, 0.717) is 5.02 Å². The Labute approximate surface area is 99.6 Å². The first kappa shape index (κ1) is 12.3. The standard InChI is InChI=1S/C11H13Cl2NO/c1-2-10(14-11(15)7-12)8-3-5-9(13)6-4-8/h3-6,10H,2,7H2,1H3,(H,14,15)/t10-/m0/s1. The Kier molecular flexibility index (Phi) is 4.92. The van der Waals surface area contributed by atoms with Crippen LogP contribution in [0.1, 0.15) is 24.9 Å². The predicted octanol–water partition coefficient (Wildman–Crippen LogP) is 3.15. The molecule has 4 heteroatoms. The predicted molar refractivity (Wildman–Crippen MR) is 63.3 cm³/mol. The van der Waals surface area contributed by atoms with Crippen molar-refractivity contribution < 1.29 is 4.79 Å². The third-order valence-electron chi connectivity index (χ3n) is 2.14. The number of carbonyl (C=O) groups excluding carboxylic acids is 1. The largest absolute Gasteiger partial charge is 0.348 e. The van der Waals surface area contributed by atoms with Crippen molar-refractivity contribution in [3.63, 3.8) is 0 Å². The Bertz CT molecular complexity index is 324. The molecule has 0 aromatic heterocycles. The molecule has 1 aromatic rings. The molecule has 1 amide bonds. The van der Waals surface area contributed by atoms with Gasteiger partial charge in [0.25, 0.3) is 0 Å². The molecule has 0 unspecified atom stereocenters. The molecule has 0 aliphatic rings. The molecule has 0 aliphatic heterocycles. The maximum absolute atomic E-state index is 11.2. The summed E-state index contributed by atoms with van der Waals surface area (Å²) in [5.74, 6) is -0.164. The lowest BCUT2D eigenvalue weighted by atomic mass is 10.0. The third-order valence-corrected chi connectivity index (χ3v) is 2.63. The molecule has 2 nitrogen and oxygen atoms in total. The van der Waals surface area contributed by atoms with Crippen LogP contribution in [0.15, 0.2) is 24.3 Å². The zero-order chi connectivity index (χ0) is 11.3. The monoisotopic (exact) mass is 245 g/mol. The van der Waals surface area contributed by atoms with Gasteiger partial charge in [-0.3, -0.25) is 4.79 Å². The molecule has 1 aromatic carbocycles. The minimum absolute atomic E-state index is 0.00789. The van der Waals surface area contributed by atoms with Crippen LogP contribution in [0.3, 0.4) is 0 Å².